The molecule has 1 aromatic carbocycles. The van der Waals surface area contributed by atoms with Gasteiger partial charge in [-0.2, -0.15) is 0 Å². The summed E-state index contributed by atoms with van der Waals surface area (Å²) in [6.07, 6.45) is 0.710. The highest BCUT2D eigenvalue weighted by molar-refractivity contribution is 6.36. The Labute approximate surface area is 111 Å². The van der Waals surface area contributed by atoms with Crippen LogP contribution in [0.2, 0.25) is 0 Å². The fourth-order valence-electron chi connectivity index (χ4n) is 1.64. The van der Waals surface area contributed by atoms with Gasteiger partial charge < -0.3 is 19.4 Å². The summed E-state index contributed by atoms with van der Waals surface area (Å²) in [6, 6.07) is 5.37. The highest BCUT2D eigenvalue weighted by Gasteiger charge is 2.14. The standard InChI is InChI=1S/C13H17NO5/c1-17-10-5-7-12(18-2)9(8-10)4-6-11(14-16)13(15)19-3/h5,7-8,16H,4,6H2,1-3H3. The Morgan fingerprint density at radius 3 is 2.53 bits per heavy atom. The first kappa shape index (κ1) is 14.8. The molecule has 0 saturated heterocycles. The molecule has 6 nitrogen and oxygen atoms in total. The number of carbonyl (C=O) groups excluding carboxylic acids is 1. The molecule has 0 fully saturated rings. The lowest BCUT2D eigenvalue weighted by Crippen LogP contribution is -2.16. The predicted octanol–water partition coefficient (Wildman–Crippen LogP) is 1.64. The lowest BCUT2D eigenvalue weighted by Gasteiger charge is -2.10. The molecular weight excluding hydrogens is 250 g/mol. The maximum absolute atomic E-state index is 11.3. The molecule has 1 rings (SSSR count). The van der Waals surface area contributed by atoms with Gasteiger partial charge in [-0.05, 0) is 30.2 Å². The number of rotatable bonds is 6. The molecule has 0 spiro atoms. The van der Waals surface area contributed by atoms with E-state index in [-0.39, 0.29) is 12.1 Å². The summed E-state index contributed by atoms with van der Waals surface area (Å²) in [6.45, 7) is 0. The zero-order valence-corrected chi connectivity index (χ0v) is 11.2. The van der Waals surface area contributed by atoms with Gasteiger partial charge in [0.1, 0.15) is 11.5 Å². The molecule has 0 atom stereocenters. The van der Waals surface area contributed by atoms with Gasteiger partial charge in [0.2, 0.25) is 0 Å². The van der Waals surface area contributed by atoms with Crippen LogP contribution < -0.4 is 9.47 Å². The van der Waals surface area contributed by atoms with Crippen molar-refractivity contribution in [3.8, 4) is 11.5 Å². The second kappa shape index (κ2) is 7.25. The van der Waals surface area contributed by atoms with Crippen LogP contribution in [0.4, 0.5) is 0 Å². The van der Waals surface area contributed by atoms with Gasteiger partial charge in [0.25, 0.3) is 0 Å². The number of benzene rings is 1. The summed E-state index contributed by atoms with van der Waals surface area (Å²) in [7, 11) is 4.37. The summed E-state index contributed by atoms with van der Waals surface area (Å²) in [4.78, 5) is 11.3. The van der Waals surface area contributed by atoms with Crippen LogP contribution in [0.15, 0.2) is 23.4 Å². The summed E-state index contributed by atoms with van der Waals surface area (Å²) < 4.78 is 14.9. The second-order valence-corrected chi connectivity index (χ2v) is 3.72. The van der Waals surface area contributed by atoms with Crippen LogP contribution in [0.3, 0.4) is 0 Å². The highest BCUT2D eigenvalue weighted by atomic mass is 16.5. The molecule has 6 heteroatoms. The van der Waals surface area contributed by atoms with Gasteiger partial charge in [0.05, 0.1) is 21.3 Å². The molecule has 19 heavy (non-hydrogen) atoms. The normalized spacial score (nSPS) is 11.0. The van der Waals surface area contributed by atoms with Gasteiger partial charge in [-0.25, -0.2) is 4.79 Å². The average molecular weight is 267 g/mol. The molecule has 0 unspecified atom stereocenters. The minimum Gasteiger partial charge on any atom is -0.497 e. The van der Waals surface area contributed by atoms with E-state index in [9.17, 15) is 4.79 Å². The molecule has 0 aliphatic heterocycles. The van der Waals surface area contributed by atoms with Crippen molar-refractivity contribution >= 4 is 11.7 Å². The van der Waals surface area contributed by atoms with Crippen molar-refractivity contribution in [3.63, 3.8) is 0 Å². The molecule has 1 N–H and O–H groups in total. The Balaban J connectivity index is 2.83. The first-order valence-corrected chi connectivity index (χ1v) is 5.66. The molecule has 0 aliphatic rings. The van der Waals surface area contributed by atoms with Crippen LogP contribution in [-0.4, -0.2) is 38.2 Å². The first-order chi connectivity index (χ1) is 9.15. The van der Waals surface area contributed by atoms with Gasteiger partial charge >= 0.3 is 5.97 Å². The monoisotopic (exact) mass is 267 g/mol. The Morgan fingerprint density at radius 1 is 1.26 bits per heavy atom. The lowest BCUT2D eigenvalue weighted by molar-refractivity contribution is -0.133. The van der Waals surface area contributed by atoms with E-state index in [1.165, 1.54) is 7.11 Å². The number of nitrogens with zero attached hydrogens (tertiary/aromatic N) is 1. The number of hydrogen-bond acceptors (Lipinski definition) is 6. The van der Waals surface area contributed by atoms with Crippen LogP contribution in [0.25, 0.3) is 0 Å². The van der Waals surface area contributed by atoms with Crippen molar-refractivity contribution < 1.29 is 24.2 Å². The summed E-state index contributed by atoms with van der Waals surface area (Å²) >= 11 is 0. The van der Waals surface area contributed by atoms with E-state index in [4.69, 9.17) is 14.7 Å². The Kier molecular flexibility index (Phi) is 5.66. The van der Waals surface area contributed by atoms with E-state index in [2.05, 4.69) is 9.89 Å². The Morgan fingerprint density at radius 2 is 2.00 bits per heavy atom. The van der Waals surface area contributed by atoms with E-state index in [1.54, 1.807) is 26.4 Å². The zero-order chi connectivity index (χ0) is 14.3. The average Bonchev–Trinajstić information content (AvgIpc) is 2.47. The topological polar surface area (TPSA) is 77.4 Å². The molecular formula is C13H17NO5. The number of oxime groups is 1. The van der Waals surface area contributed by atoms with Gasteiger partial charge in [0.15, 0.2) is 5.71 Å². The van der Waals surface area contributed by atoms with Crippen molar-refractivity contribution in [2.45, 2.75) is 12.8 Å². The van der Waals surface area contributed by atoms with E-state index in [0.29, 0.717) is 17.9 Å². The van der Waals surface area contributed by atoms with E-state index in [0.717, 1.165) is 5.56 Å². The molecule has 0 radical (unpaired) electrons. The van der Waals surface area contributed by atoms with Gasteiger partial charge in [0, 0.05) is 6.42 Å². The van der Waals surface area contributed by atoms with Crippen molar-refractivity contribution in [3.05, 3.63) is 23.8 Å². The zero-order valence-electron chi connectivity index (χ0n) is 11.2. The maximum atomic E-state index is 11.3. The van der Waals surface area contributed by atoms with E-state index < -0.39 is 5.97 Å². The van der Waals surface area contributed by atoms with Crippen LogP contribution in [-0.2, 0) is 16.0 Å². The van der Waals surface area contributed by atoms with Crippen molar-refractivity contribution in [2.75, 3.05) is 21.3 Å². The molecule has 0 aliphatic carbocycles. The Hall–Kier alpha value is -2.24. The van der Waals surface area contributed by atoms with Crippen molar-refractivity contribution in [2.24, 2.45) is 5.16 Å². The predicted molar refractivity (Wildman–Crippen MR) is 69.1 cm³/mol. The summed E-state index contributed by atoms with van der Waals surface area (Å²) in [5.74, 6) is 0.726. The number of esters is 1. The SMILES string of the molecule is COC(=O)C(CCc1cc(OC)ccc1OC)=NO. The number of aryl methyl sites for hydroxylation is 1. The molecule has 104 valence electrons. The molecule has 1 aromatic rings. The van der Waals surface area contributed by atoms with Gasteiger partial charge in [-0.1, -0.05) is 5.16 Å². The fraction of sp³-hybridized carbons (Fsp3) is 0.385. The lowest BCUT2D eigenvalue weighted by atomic mass is 10.1. The maximum Gasteiger partial charge on any atom is 0.355 e. The Bertz CT molecular complexity index is 470. The minimum atomic E-state index is -0.649. The van der Waals surface area contributed by atoms with Crippen molar-refractivity contribution in [1.82, 2.24) is 0 Å². The highest BCUT2D eigenvalue weighted by Crippen LogP contribution is 2.25. The molecule has 0 bridgehead atoms. The quantitative estimate of drug-likeness (QED) is 0.367. The number of ether oxygens (including phenoxy) is 3. The van der Waals surface area contributed by atoms with E-state index in [1.807, 2.05) is 6.07 Å². The molecule has 0 amide bonds. The third-order valence-corrected chi connectivity index (χ3v) is 2.66. The van der Waals surface area contributed by atoms with Crippen LogP contribution in [0, 0.1) is 0 Å². The minimum absolute atomic E-state index is 0.0348. The van der Waals surface area contributed by atoms with Gasteiger partial charge in [-0.3, -0.25) is 0 Å². The first-order valence-electron chi connectivity index (χ1n) is 5.66. The number of hydrogen-bond donors (Lipinski definition) is 1. The fourth-order valence-corrected chi connectivity index (χ4v) is 1.64. The largest absolute Gasteiger partial charge is 0.497 e. The molecule has 0 heterocycles. The molecule has 0 saturated carbocycles. The van der Waals surface area contributed by atoms with Crippen LogP contribution >= 0.6 is 0 Å². The van der Waals surface area contributed by atoms with Crippen LogP contribution in [0.1, 0.15) is 12.0 Å². The summed E-state index contributed by atoms with van der Waals surface area (Å²) in [5, 5.41) is 11.7. The van der Waals surface area contributed by atoms with Crippen LogP contribution in [0.5, 0.6) is 11.5 Å². The molecule has 0 aromatic heterocycles. The van der Waals surface area contributed by atoms with E-state index >= 15 is 0 Å². The summed E-state index contributed by atoms with van der Waals surface area (Å²) in [5.41, 5.74) is 0.819. The van der Waals surface area contributed by atoms with Crippen molar-refractivity contribution in [1.29, 1.82) is 0 Å². The third kappa shape index (κ3) is 3.87. The second-order valence-electron chi connectivity index (χ2n) is 3.72. The third-order valence-electron chi connectivity index (χ3n) is 2.66. The number of carbonyl (C=O) groups is 1. The smallest absolute Gasteiger partial charge is 0.355 e. The number of methoxy groups -OCH3 is 3. The van der Waals surface area contributed by atoms with Gasteiger partial charge in [-0.15, -0.1) is 0 Å².